The molecule has 1 heterocycles. The molecule has 0 spiro atoms. The lowest BCUT2D eigenvalue weighted by Crippen LogP contribution is -2.47. The van der Waals surface area contributed by atoms with E-state index in [1.54, 1.807) is 18.2 Å². The number of halogens is 2. The fraction of sp³-hybridized carbons (Fsp3) is 0.353. The number of carbonyl (C=O) groups is 1. The number of benzene rings is 1. The molecule has 0 saturated carbocycles. The average molecular weight is 400 g/mol. The molecule has 0 aliphatic rings. The van der Waals surface area contributed by atoms with Crippen molar-refractivity contribution in [1.29, 1.82) is 0 Å². The first-order valence-corrected chi connectivity index (χ1v) is 8.87. The first kappa shape index (κ1) is 17.9. The molecule has 2 aromatic rings. The van der Waals surface area contributed by atoms with Crippen LogP contribution in [0.25, 0.3) is 0 Å². The van der Waals surface area contributed by atoms with Crippen molar-refractivity contribution < 1.29 is 13.9 Å². The van der Waals surface area contributed by atoms with Crippen LogP contribution in [-0.4, -0.2) is 18.6 Å². The van der Waals surface area contributed by atoms with Crippen molar-refractivity contribution in [2.24, 2.45) is 5.41 Å². The maximum atomic E-state index is 13.7. The smallest absolute Gasteiger partial charge is 0.262 e. The monoisotopic (exact) mass is 399 g/mol. The Labute approximate surface area is 148 Å². The van der Waals surface area contributed by atoms with Gasteiger partial charge in [-0.2, -0.15) is 0 Å². The lowest BCUT2D eigenvalue weighted by atomic mass is 9.87. The van der Waals surface area contributed by atoms with Gasteiger partial charge in [-0.25, -0.2) is 4.39 Å². The van der Waals surface area contributed by atoms with Crippen LogP contribution in [0.4, 0.5) is 4.39 Å². The van der Waals surface area contributed by atoms with E-state index >= 15 is 0 Å². The highest BCUT2D eigenvalue weighted by Gasteiger charge is 2.28. The molecule has 23 heavy (non-hydrogen) atoms. The van der Waals surface area contributed by atoms with Crippen LogP contribution in [0.2, 0.25) is 0 Å². The van der Waals surface area contributed by atoms with Crippen LogP contribution in [0.1, 0.15) is 30.4 Å². The van der Waals surface area contributed by atoms with Crippen LogP contribution in [0.3, 0.4) is 0 Å². The van der Waals surface area contributed by atoms with Crippen molar-refractivity contribution in [3.8, 4) is 5.75 Å². The van der Waals surface area contributed by atoms with Gasteiger partial charge in [0.15, 0.2) is 11.6 Å². The second-order valence-corrected chi connectivity index (χ2v) is 8.00. The van der Waals surface area contributed by atoms with Gasteiger partial charge in [0, 0.05) is 4.47 Å². The van der Waals surface area contributed by atoms with E-state index < -0.39 is 5.82 Å². The zero-order valence-electron chi connectivity index (χ0n) is 13.2. The third-order valence-electron chi connectivity index (χ3n) is 3.42. The number of ether oxygens (including phenoxy) is 1. The normalized spacial score (nSPS) is 12.7. The zero-order valence-corrected chi connectivity index (χ0v) is 15.6. The zero-order chi connectivity index (χ0) is 17.0. The third kappa shape index (κ3) is 4.78. The number of carbonyl (C=O) groups excluding carboxylic acids is 1. The molecule has 1 N–H and O–H groups in total. The van der Waals surface area contributed by atoms with Gasteiger partial charge in [0.1, 0.15) is 11.5 Å². The van der Waals surface area contributed by atoms with Gasteiger partial charge in [-0.3, -0.25) is 4.79 Å². The minimum absolute atomic E-state index is 0.163. The molecule has 3 nitrogen and oxygen atoms in total. The van der Waals surface area contributed by atoms with E-state index in [2.05, 4.69) is 21.2 Å². The molecule has 1 aromatic carbocycles. The van der Waals surface area contributed by atoms with E-state index in [0.29, 0.717) is 4.88 Å². The van der Waals surface area contributed by atoms with E-state index in [1.807, 2.05) is 32.2 Å². The predicted molar refractivity (Wildman–Crippen MR) is 94.6 cm³/mol. The number of para-hydroxylation sites is 1. The Hall–Kier alpha value is -1.40. The standard InChI is InChI=1S/C17H19BrFNO2S/c1-17(2,3)14(10-22-13-7-5-4-6-12(13)19)20-16(21)15-11(18)8-9-23-15/h4-9,14H,10H2,1-3H3,(H,20,21). The van der Waals surface area contributed by atoms with Crippen molar-refractivity contribution in [3.63, 3.8) is 0 Å². The molecule has 124 valence electrons. The molecule has 0 aliphatic carbocycles. The van der Waals surface area contributed by atoms with Gasteiger partial charge < -0.3 is 10.1 Å². The summed E-state index contributed by atoms with van der Waals surface area (Å²) in [5.41, 5.74) is -0.231. The maximum absolute atomic E-state index is 13.7. The SMILES string of the molecule is CC(C)(C)C(COc1ccccc1F)NC(=O)c1sccc1Br. The van der Waals surface area contributed by atoms with E-state index in [1.165, 1.54) is 17.4 Å². The molecule has 0 bridgehead atoms. The van der Waals surface area contributed by atoms with Crippen molar-refractivity contribution in [3.05, 3.63) is 50.9 Å². The summed E-state index contributed by atoms with van der Waals surface area (Å²) in [5, 5.41) is 4.83. The molecule has 1 unspecified atom stereocenters. The van der Waals surface area contributed by atoms with Gasteiger partial charge in [0.25, 0.3) is 5.91 Å². The van der Waals surface area contributed by atoms with Crippen LogP contribution in [0, 0.1) is 11.2 Å². The first-order valence-electron chi connectivity index (χ1n) is 7.20. The number of nitrogens with one attached hydrogen (secondary N) is 1. The van der Waals surface area contributed by atoms with Gasteiger partial charge in [-0.05, 0) is 44.9 Å². The summed E-state index contributed by atoms with van der Waals surface area (Å²) in [6, 6.07) is 7.83. The van der Waals surface area contributed by atoms with Crippen LogP contribution >= 0.6 is 27.3 Å². The largest absolute Gasteiger partial charge is 0.488 e. The Kier molecular flexibility index (Phi) is 5.81. The van der Waals surface area contributed by atoms with Gasteiger partial charge in [0.2, 0.25) is 0 Å². The maximum Gasteiger partial charge on any atom is 0.262 e. The van der Waals surface area contributed by atoms with E-state index in [9.17, 15) is 9.18 Å². The highest BCUT2D eigenvalue weighted by atomic mass is 79.9. The number of rotatable bonds is 5. The lowest BCUT2D eigenvalue weighted by molar-refractivity contribution is 0.0863. The Morgan fingerprint density at radius 3 is 2.61 bits per heavy atom. The average Bonchev–Trinajstić information content (AvgIpc) is 2.90. The highest BCUT2D eigenvalue weighted by Crippen LogP contribution is 2.25. The molecule has 2 rings (SSSR count). The number of thiophene rings is 1. The predicted octanol–water partition coefficient (Wildman–Crippen LogP) is 4.87. The second kappa shape index (κ2) is 7.45. The molecule has 0 fully saturated rings. The van der Waals surface area contributed by atoms with E-state index in [4.69, 9.17) is 4.74 Å². The number of hydrogen-bond acceptors (Lipinski definition) is 3. The van der Waals surface area contributed by atoms with Gasteiger partial charge in [-0.1, -0.05) is 32.9 Å². The molecule has 1 atom stereocenters. The third-order valence-corrected chi connectivity index (χ3v) is 5.25. The molecular formula is C17H19BrFNO2S. The number of amides is 1. The van der Waals surface area contributed by atoms with Crippen molar-refractivity contribution >= 4 is 33.2 Å². The Morgan fingerprint density at radius 2 is 2.04 bits per heavy atom. The number of hydrogen-bond donors (Lipinski definition) is 1. The Balaban J connectivity index is 2.08. The molecule has 6 heteroatoms. The van der Waals surface area contributed by atoms with Crippen molar-refractivity contribution in [1.82, 2.24) is 5.32 Å². The topological polar surface area (TPSA) is 38.3 Å². The van der Waals surface area contributed by atoms with E-state index in [-0.39, 0.29) is 29.7 Å². The van der Waals surface area contributed by atoms with Gasteiger partial charge in [-0.15, -0.1) is 11.3 Å². The molecular weight excluding hydrogens is 381 g/mol. The highest BCUT2D eigenvalue weighted by molar-refractivity contribution is 9.10. The summed E-state index contributed by atoms with van der Waals surface area (Å²) in [5.74, 6) is -0.385. The first-order chi connectivity index (χ1) is 10.8. The summed E-state index contributed by atoms with van der Waals surface area (Å²) in [6.07, 6.45) is 0. The Bertz CT molecular complexity index is 681. The fourth-order valence-corrected chi connectivity index (χ4v) is 3.38. The van der Waals surface area contributed by atoms with Crippen LogP contribution in [-0.2, 0) is 0 Å². The molecule has 0 radical (unpaired) electrons. The van der Waals surface area contributed by atoms with Gasteiger partial charge in [0.05, 0.1) is 6.04 Å². The lowest BCUT2D eigenvalue weighted by Gasteiger charge is -2.31. The fourth-order valence-electron chi connectivity index (χ4n) is 1.92. The summed E-state index contributed by atoms with van der Waals surface area (Å²) >= 11 is 4.73. The Morgan fingerprint density at radius 1 is 1.35 bits per heavy atom. The minimum Gasteiger partial charge on any atom is -0.488 e. The van der Waals surface area contributed by atoms with Crippen LogP contribution < -0.4 is 10.1 Å². The summed E-state index contributed by atoms with van der Waals surface area (Å²) in [7, 11) is 0. The molecule has 0 saturated heterocycles. The molecule has 0 aliphatic heterocycles. The van der Waals surface area contributed by atoms with Crippen molar-refractivity contribution in [2.45, 2.75) is 26.8 Å². The van der Waals surface area contributed by atoms with Gasteiger partial charge >= 0.3 is 0 Å². The van der Waals surface area contributed by atoms with Crippen molar-refractivity contribution in [2.75, 3.05) is 6.61 Å². The molecule has 1 amide bonds. The second-order valence-electron chi connectivity index (χ2n) is 6.23. The summed E-state index contributed by atoms with van der Waals surface area (Å²) < 4.78 is 20.0. The molecule has 1 aromatic heterocycles. The van der Waals surface area contributed by atoms with Crippen LogP contribution in [0.15, 0.2) is 40.2 Å². The summed E-state index contributed by atoms with van der Waals surface area (Å²) in [4.78, 5) is 13.0. The van der Waals surface area contributed by atoms with E-state index in [0.717, 1.165) is 4.47 Å². The quantitative estimate of drug-likeness (QED) is 0.778. The summed E-state index contributed by atoms with van der Waals surface area (Å²) in [6.45, 7) is 6.21. The minimum atomic E-state index is -0.410. The van der Waals surface area contributed by atoms with Crippen LogP contribution in [0.5, 0.6) is 5.75 Å².